The number of phenolic OH excluding ortho intramolecular Hbond substituents is 1. The highest BCUT2D eigenvalue weighted by atomic mass is 16.5. The topological polar surface area (TPSA) is 46.5 Å². The Bertz CT molecular complexity index is 495. The molecule has 96 valence electrons. The lowest BCUT2D eigenvalue weighted by Crippen LogP contribution is -2.50. The van der Waals surface area contributed by atoms with Crippen molar-refractivity contribution in [2.24, 2.45) is 5.92 Å². The number of aryl methyl sites for hydroxylation is 1. The molecule has 2 aliphatic rings. The number of phenols is 1. The van der Waals surface area contributed by atoms with Gasteiger partial charge in [0.15, 0.2) is 0 Å². The molecule has 3 nitrogen and oxygen atoms in total. The average molecular weight is 246 g/mol. The van der Waals surface area contributed by atoms with Crippen molar-refractivity contribution in [2.45, 2.75) is 37.5 Å². The van der Waals surface area contributed by atoms with E-state index in [1.54, 1.807) is 6.07 Å². The molecule has 1 N–H and O–H groups in total. The summed E-state index contributed by atoms with van der Waals surface area (Å²) >= 11 is 0. The van der Waals surface area contributed by atoms with Crippen LogP contribution in [0, 0.1) is 5.92 Å². The first-order chi connectivity index (χ1) is 8.67. The lowest BCUT2D eigenvalue weighted by atomic mass is 9.52. The normalized spacial score (nSPS) is 29.5. The lowest BCUT2D eigenvalue weighted by Gasteiger charge is -2.51. The van der Waals surface area contributed by atoms with Gasteiger partial charge in [-0.1, -0.05) is 6.07 Å². The molecule has 0 radical (unpaired) electrons. The second kappa shape index (κ2) is 4.01. The van der Waals surface area contributed by atoms with Gasteiger partial charge in [-0.05, 0) is 55.4 Å². The number of ether oxygens (including phenoxy) is 1. The zero-order chi connectivity index (χ0) is 12.8. The van der Waals surface area contributed by atoms with Crippen molar-refractivity contribution in [3.8, 4) is 5.75 Å². The number of fused-ring (bicyclic) bond motifs is 2. The molecule has 3 heteroatoms. The second-order valence-electron chi connectivity index (χ2n) is 5.47. The van der Waals surface area contributed by atoms with Crippen molar-refractivity contribution in [1.29, 1.82) is 0 Å². The van der Waals surface area contributed by atoms with E-state index in [0.29, 0.717) is 5.75 Å². The van der Waals surface area contributed by atoms with Crippen LogP contribution in [0.15, 0.2) is 18.2 Å². The Kier molecular flexibility index (Phi) is 2.58. The van der Waals surface area contributed by atoms with Gasteiger partial charge in [0, 0.05) is 5.41 Å². The lowest BCUT2D eigenvalue weighted by molar-refractivity contribution is -0.153. The summed E-state index contributed by atoms with van der Waals surface area (Å²) in [5.41, 5.74) is 2.39. The van der Waals surface area contributed by atoms with Gasteiger partial charge in [-0.3, -0.25) is 4.79 Å². The number of carbonyl (C=O) groups is 1. The predicted octanol–water partition coefficient (Wildman–Crippen LogP) is 2.55. The molecule has 18 heavy (non-hydrogen) atoms. The van der Waals surface area contributed by atoms with Gasteiger partial charge in [0.1, 0.15) is 5.75 Å². The van der Waals surface area contributed by atoms with Crippen LogP contribution in [0.5, 0.6) is 5.75 Å². The fourth-order valence-corrected chi connectivity index (χ4v) is 3.72. The molecule has 1 aromatic carbocycles. The van der Waals surface area contributed by atoms with E-state index in [4.69, 9.17) is 4.74 Å². The third kappa shape index (κ3) is 1.46. The van der Waals surface area contributed by atoms with Crippen molar-refractivity contribution >= 4 is 5.97 Å². The first kappa shape index (κ1) is 11.6. The van der Waals surface area contributed by atoms with Gasteiger partial charge in [-0.25, -0.2) is 0 Å². The van der Waals surface area contributed by atoms with Crippen LogP contribution in [-0.4, -0.2) is 18.2 Å². The number of esters is 1. The third-order valence-electron chi connectivity index (χ3n) is 4.73. The smallest absolute Gasteiger partial charge is 0.309 e. The second-order valence-corrected chi connectivity index (χ2v) is 5.47. The van der Waals surface area contributed by atoms with Gasteiger partial charge in [-0.2, -0.15) is 0 Å². The van der Waals surface area contributed by atoms with Gasteiger partial charge in [0.25, 0.3) is 0 Å². The van der Waals surface area contributed by atoms with Crippen LogP contribution in [0.2, 0.25) is 0 Å². The zero-order valence-corrected chi connectivity index (χ0v) is 10.6. The Morgan fingerprint density at radius 2 is 2.28 bits per heavy atom. The van der Waals surface area contributed by atoms with Crippen molar-refractivity contribution < 1.29 is 14.6 Å². The summed E-state index contributed by atoms with van der Waals surface area (Å²) in [7, 11) is 1.46. The summed E-state index contributed by atoms with van der Waals surface area (Å²) < 4.78 is 4.93. The quantitative estimate of drug-likeness (QED) is 0.775. The van der Waals surface area contributed by atoms with Crippen molar-refractivity contribution in [2.75, 3.05) is 7.11 Å². The van der Waals surface area contributed by atoms with E-state index < -0.39 is 0 Å². The molecule has 2 atom stereocenters. The van der Waals surface area contributed by atoms with Gasteiger partial charge in [0.2, 0.25) is 0 Å². The molecule has 3 rings (SSSR count). The maximum absolute atomic E-state index is 11.9. The summed E-state index contributed by atoms with van der Waals surface area (Å²) in [5, 5.41) is 9.71. The van der Waals surface area contributed by atoms with Crippen LogP contribution >= 0.6 is 0 Å². The van der Waals surface area contributed by atoms with E-state index in [1.165, 1.54) is 18.2 Å². The highest BCUT2D eigenvalue weighted by Gasteiger charge is 2.53. The molecule has 1 saturated carbocycles. The van der Waals surface area contributed by atoms with E-state index in [-0.39, 0.29) is 17.3 Å². The minimum Gasteiger partial charge on any atom is -0.508 e. The van der Waals surface area contributed by atoms with Crippen molar-refractivity contribution in [3.05, 3.63) is 29.3 Å². The standard InChI is InChI=1S/C15H18O3/c1-18-14(17)12-6-8-15(12)7-2-3-10-4-5-11(16)9-13(10)15/h4-5,9,12,16H,2-3,6-8H2,1H3/t12-,15+/m0/s1. The van der Waals surface area contributed by atoms with Gasteiger partial charge >= 0.3 is 5.97 Å². The Morgan fingerprint density at radius 1 is 1.44 bits per heavy atom. The Labute approximate surface area is 107 Å². The van der Waals surface area contributed by atoms with E-state index in [1.807, 2.05) is 12.1 Å². The summed E-state index contributed by atoms with van der Waals surface area (Å²) in [5.74, 6) is 0.173. The highest BCUT2D eigenvalue weighted by Crippen LogP contribution is 2.56. The van der Waals surface area contributed by atoms with E-state index in [9.17, 15) is 9.90 Å². The SMILES string of the molecule is COC(=O)[C@@H]1CC[C@]12CCCc1ccc(O)cc12. The van der Waals surface area contributed by atoms with Crippen LogP contribution in [0.25, 0.3) is 0 Å². The van der Waals surface area contributed by atoms with Crippen LogP contribution in [-0.2, 0) is 21.4 Å². The van der Waals surface area contributed by atoms with Crippen LogP contribution in [0.4, 0.5) is 0 Å². The summed E-state index contributed by atoms with van der Waals surface area (Å²) in [4.78, 5) is 11.9. The minimum atomic E-state index is -0.0996. The number of benzene rings is 1. The molecule has 0 amide bonds. The maximum atomic E-state index is 11.9. The number of hydrogen-bond donors (Lipinski definition) is 1. The molecule has 0 bridgehead atoms. The molecule has 1 spiro atoms. The monoisotopic (exact) mass is 246 g/mol. The summed E-state index contributed by atoms with van der Waals surface area (Å²) in [6.45, 7) is 0. The molecule has 0 aromatic heterocycles. The largest absolute Gasteiger partial charge is 0.508 e. The zero-order valence-electron chi connectivity index (χ0n) is 10.6. The highest BCUT2D eigenvalue weighted by molar-refractivity contribution is 5.76. The predicted molar refractivity (Wildman–Crippen MR) is 67.5 cm³/mol. The van der Waals surface area contributed by atoms with E-state index >= 15 is 0 Å². The minimum absolute atomic E-state index is 0.0247. The van der Waals surface area contributed by atoms with Gasteiger partial charge < -0.3 is 9.84 Å². The molecule has 0 saturated heterocycles. The molecule has 1 fully saturated rings. The molecule has 0 heterocycles. The Balaban J connectivity index is 2.05. The summed E-state index contributed by atoms with van der Waals surface area (Å²) in [6.07, 6.45) is 5.13. The van der Waals surface area contributed by atoms with Crippen LogP contribution in [0.3, 0.4) is 0 Å². The fourth-order valence-electron chi connectivity index (χ4n) is 3.72. The van der Waals surface area contributed by atoms with Gasteiger partial charge in [0.05, 0.1) is 13.0 Å². The third-order valence-corrected chi connectivity index (χ3v) is 4.73. The van der Waals surface area contributed by atoms with E-state index in [0.717, 1.165) is 32.1 Å². The molecule has 0 aliphatic heterocycles. The van der Waals surface area contributed by atoms with Crippen molar-refractivity contribution in [1.82, 2.24) is 0 Å². The Morgan fingerprint density at radius 3 is 2.94 bits per heavy atom. The fraction of sp³-hybridized carbons (Fsp3) is 0.533. The molecular formula is C15H18O3. The number of rotatable bonds is 1. The molecule has 1 aromatic rings. The number of methoxy groups -OCH3 is 1. The van der Waals surface area contributed by atoms with Crippen LogP contribution < -0.4 is 0 Å². The number of aromatic hydroxyl groups is 1. The van der Waals surface area contributed by atoms with Crippen molar-refractivity contribution in [3.63, 3.8) is 0 Å². The maximum Gasteiger partial charge on any atom is 0.309 e. The van der Waals surface area contributed by atoms with Crippen LogP contribution in [0.1, 0.15) is 36.8 Å². The number of hydrogen-bond acceptors (Lipinski definition) is 3. The first-order valence-corrected chi connectivity index (χ1v) is 6.57. The average Bonchev–Trinajstić information content (AvgIpc) is 2.36. The summed E-state index contributed by atoms with van der Waals surface area (Å²) in [6, 6.07) is 5.59. The molecule has 0 unspecified atom stereocenters. The number of carbonyl (C=O) groups excluding carboxylic acids is 1. The first-order valence-electron chi connectivity index (χ1n) is 6.57. The molecule has 2 aliphatic carbocycles. The van der Waals surface area contributed by atoms with Gasteiger partial charge in [-0.15, -0.1) is 0 Å². The molecular weight excluding hydrogens is 228 g/mol. The Hall–Kier alpha value is -1.51. The van der Waals surface area contributed by atoms with E-state index in [2.05, 4.69) is 0 Å².